The topological polar surface area (TPSA) is 64.4 Å². The molecule has 3 N–H and O–H groups in total. The van der Waals surface area contributed by atoms with Crippen LogP contribution in [0.5, 0.6) is 11.5 Å². The van der Waals surface area contributed by atoms with E-state index in [-0.39, 0.29) is 5.91 Å². The van der Waals surface area contributed by atoms with E-state index >= 15 is 0 Å². The van der Waals surface area contributed by atoms with E-state index in [4.69, 9.17) is 10.5 Å². The highest BCUT2D eigenvalue weighted by atomic mass is 16.5. The van der Waals surface area contributed by atoms with Crippen molar-refractivity contribution in [1.29, 1.82) is 0 Å². The summed E-state index contributed by atoms with van der Waals surface area (Å²) in [5, 5.41) is 2.92. The second-order valence-electron chi connectivity index (χ2n) is 6.95. The molecule has 0 radical (unpaired) electrons. The van der Waals surface area contributed by atoms with Gasteiger partial charge in [-0.05, 0) is 55.2 Å². The van der Waals surface area contributed by atoms with Crippen LogP contribution in [0.4, 0.5) is 0 Å². The lowest BCUT2D eigenvalue weighted by atomic mass is 10.1. The molecule has 0 aliphatic carbocycles. The normalized spacial score (nSPS) is 12.2. The number of carbonyl (C=O) groups is 1. The van der Waals surface area contributed by atoms with Crippen LogP contribution in [-0.2, 0) is 11.3 Å². The highest BCUT2D eigenvalue weighted by Crippen LogP contribution is 2.23. The van der Waals surface area contributed by atoms with E-state index in [1.165, 1.54) is 0 Å². The third kappa shape index (κ3) is 6.66. The highest BCUT2D eigenvalue weighted by Gasteiger charge is 2.09. The van der Waals surface area contributed by atoms with Crippen molar-refractivity contribution in [1.82, 2.24) is 5.32 Å². The number of ether oxygens (including phenoxy) is 1. The van der Waals surface area contributed by atoms with Crippen LogP contribution in [0.3, 0.4) is 0 Å². The van der Waals surface area contributed by atoms with Crippen molar-refractivity contribution in [3.05, 3.63) is 83.1 Å². The Hall–Kier alpha value is -3.01. The summed E-state index contributed by atoms with van der Waals surface area (Å²) in [4.78, 5) is 12.5. The maximum absolute atomic E-state index is 12.5. The van der Waals surface area contributed by atoms with Crippen LogP contribution < -0.4 is 15.8 Å². The van der Waals surface area contributed by atoms with E-state index < -0.39 is 0 Å². The zero-order chi connectivity index (χ0) is 19.8. The predicted molar refractivity (Wildman–Crippen MR) is 110 cm³/mol. The van der Waals surface area contributed by atoms with Gasteiger partial charge in [0.05, 0.1) is 5.57 Å². The summed E-state index contributed by atoms with van der Waals surface area (Å²) in [6.45, 7) is 8.26. The van der Waals surface area contributed by atoms with E-state index in [0.29, 0.717) is 23.7 Å². The minimum Gasteiger partial charge on any atom is -0.457 e. The van der Waals surface area contributed by atoms with Crippen LogP contribution in [0.15, 0.2) is 72.0 Å². The van der Waals surface area contributed by atoms with Crippen molar-refractivity contribution >= 4 is 5.91 Å². The van der Waals surface area contributed by atoms with Gasteiger partial charge < -0.3 is 15.8 Å². The number of carbonyl (C=O) groups excluding carboxylic acids is 1. The molecule has 2 aromatic rings. The number of nitrogens with two attached hydrogens (primary N) is 1. The van der Waals surface area contributed by atoms with E-state index in [2.05, 4.69) is 19.2 Å². The first-order valence-corrected chi connectivity index (χ1v) is 9.11. The second-order valence-corrected chi connectivity index (χ2v) is 6.95. The number of nitrogens with one attached hydrogen (secondary N) is 1. The zero-order valence-electron chi connectivity index (χ0n) is 16.5. The Morgan fingerprint density at radius 2 is 1.81 bits per heavy atom. The average Bonchev–Trinajstić information content (AvgIpc) is 2.60. The van der Waals surface area contributed by atoms with Gasteiger partial charge in [-0.1, -0.05) is 50.3 Å². The van der Waals surface area contributed by atoms with Gasteiger partial charge in [0.2, 0.25) is 0 Å². The molecule has 0 fully saturated rings. The maximum atomic E-state index is 12.5. The lowest BCUT2D eigenvalue weighted by molar-refractivity contribution is -0.117. The Bertz CT molecular complexity index is 847. The van der Waals surface area contributed by atoms with Gasteiger partial charge in [0.25, 0.3) is 5.91 Å². The third-order valence-corrected chi connectivity index (χ3v) is 3.89. The summed E-state index contributed by atoms with van der Waals surface area (Å²) in [6.07, 6.45) is 3.74. The predicted octanol–water partition coefficient (Wildman–Crippen LogP) is 4.85. The fourth-order valence-corrected chi connectivity index (χ4v) is 2.49. The molecule has 0 saturated heterocycles. The molecule has 4 nitrogen and oxygen atoms in total. The Labute approximate surface area is 161 Å². The number of amides is 1. The molecule has 0 aromatic heterocycles. The molecule has 2 rings (SSSR count). The number of hydrogen-bond acceptors (Lipinski definition) is 3. The van der Waals surface area contributed by atoms with E-state index in [1.807, 2.05) is 61.5 Å². The fourth-order valence-electron chi connectivity index (χ4n) is 2.49. The molecule has 0 aliphatic rings. The summed E-state index contributed by atoms with van der Waals surface area (Å²) < 4.78 is 5.90. The van der Waals surface area contributed by atoms with E-state index in [1.54, 1.807) is 13.0 Å². The Kier molecular flexibility index (Phi) is 7.24. The number of aryl methyl sites for hydroxylation is 1. The first kappa shape index (κ1) is 20.3. The van der Waals surface area contributed by atoms with Gasteiger partial charge in [-0.3, -0.25) is 4.79 Å². The molecular weight excluding hydrogens is 336 g/mol. The largest absolute Gasteiger partial charge is 0.457 e. The van der Waals surface area contributed by atoms with Crippen LogP contribution in [0, 0.1) is 12.8 Å². The standard InChI is InChI=1S/C23H28N2O2/c1-16(2)11-12-22(18(4)24)23(26)25-15-19-8-6-10-21(14-19)27-20-9-5-7-17(3)13-20/h5-14,16H,15,24H2,1-4H3,(H,25,26)/b12-11-,22-18-. The van der Waals surface area contributed by atoms with Gasteiger partial charge in [0.1, 0.15) is 11.5 Å². The fraction of sp³-hybridized carbons (Fsp3) is 0.261. The Balaban J connectivity index is 2.03. The minimum atomic E-state index is -0.183. The monoisotopic (exact) mass is 364 g/mol. The van der Waals surface area contributed by atoms with Gasteiger partial charge in [0, 0.05) is 12.2 Å². The van der Waals surface area contributed by atoms with Gasteiger partial charge in [-0.15, -0.1) is 0 Å². The molecule has 27 heavy (non-hydrogen) atoms. The van der Waals surface area contributed by atoms with Crippen molar-refractivity contribution in [2.75, 3.05) is 0 Å². The highest BCUT2D eigenvalue weighted by molar-refractivity contribution is 5.96. The third-order valence-electron chi connectivity index (χ3n) is 3.89. The molecule has 142 valence electrons. The molecule has 1 amide bonds. The minimum absolute atomic E-state index is 0.183. The van der Waals surface area contributed by atoms with E-state index in [0.717, 1.165) is 22.6 Å². The summed E-state index contributed by atoms with van der Waals surface area (Å²) in [5.41, 5.74) is 8.95. The quantitative estimate of drug-likeness (QED) is 0.545. The van der Waals surface area contributed by atoms with Crippen molar-refractivity contribution in [2.45, 2.75) is 34.2 Å². The summed E-state index contributed by atoms with van der Waals surface area (Å²) in [6, 6.07) is 15.6. The van der Waals surface area contributed by atoms with Crippen LogP contribution >= 0.6 is 0 Å². The van der Waals surface area contributed by atoms with Crippen molar-refractivity contribution in [2.24, 2.45) is 11.7 Å². The van der Waals surface area contributed by atoms with Gasteiger partial charge >= 0.3 is 0 Å². The average molecular weight is 364 g/mol. The number of hydrogen-bond donors (Lipinski definition) is 2. The molecule has 2 aromatic carbocycles. The molecule has 0 bridgehead atoms. The molecular formula is C23H28N2O2. The van der Waals surface area contributed by atoms with Gasteiger partial charge in [0.15, 0.2) is 0 Å². The van der Waals surface area contributed by atoms with Crippen molar-refractivity contribution < 1.29 is 9.53 Å². The summed E-state index contributed by atoms with van der Waals surface area (Å²) in [5.74, 6) is 1.69. The smallest absolute Gasteiger partial charge is 0.253 e. The van der Waals surface area contributed by atoms with E-state index in [9.17, 15) is 4.79 Å². The molecule has 0 saturated carbocycles. The van der Waals surface area contributed by atoms with Crippen molar-refractivity contribution in [3.8, 4) is 11.5 Å². The van der Waals surface area contributed by atoms with Crippen LogP contribution in [0.1, 0.15) is 31.9 Å². The lowest BCUT2D eigenvalue weighted by Gasteiger charge is -2.10. The molecule has 0 atom stereocenters. The van der Waals surface area contributed by atoms with Crippen LogP contribution in [0.25, 0.3) is 0 Å². The molecule has 0 unspecified atom stereocenters. The molecule has 0 heterocycles. The zero-order valence-corrected chi connectivity index (χ0v) is 16.5. The number of rotatable bonds is 7. The molecule has 0 spiro atoms. The van der Waals surface area contributed by atoms with Crippen LogP contribution in [-0.4, -0.2) is 5.91 Å². The second kappa shape index (κ2) is 9.62. The van der Waals surface area contributed by atoms with Crippen LogP contribution in [0.2, 0.25) is 0 Å². The van der Waals surface area contributed by atoms with Gasteiger partial charge in [-0.25, -0.2) is 0 Å². The molecule has 4 heteroatoms. The van der Waals surface area contributed by atoms with Crippen molar-refractivity contribution in [3.63, 3.8) is 0 Å². The number of allylic oxidation sites excluding steroid dienone is 2. The van der Waals surface area contributed by atoms with Gasteiger partial charge in [-0.2, -0.15) is 0 Å². The lowest BCUT2D eigenvalue weighted by Crippen LogP contribution is -2.25. The summed E-state index contributed by atoms with van der Waals surface area (Å²) >= 11 is 0. The first-order valence-electron chi connectivity index (χ1n) is 9.11. The maximum Gasteiger partial charge on any atom is 0.253 e. The summed E-state index contributed by atoms with van der Waals surface area (Å²) in [7, 11) is 0. The number of benzene rings is 2. The first-order chi connectivity index (χ1) is 12.8. The Morgan fingerprint density at radius 3 is 2.44 bits per heavy atom. The molecule has 0 aliphatic heterocycles. The Morgan fingerprint density at radius 1 is 1.15 bits per heavy atom. The SMILES string of the molecule is C/C(N)=C(\C=C/C(C)C)C(=O)NCc1cccc(Oc2cccc(C)c2)c1.